The Balaban J connectivity index is 2.19. The van der Waals surface area contributed by atoms with E-state index in [-0.39, 0.29) is 6.04 Å². The summed E-state index contributed by atoms with van der Waals surface area (Å²) in [5.41, 5.74) is 6.68. The van der Waals surface area contributed by atoms with E-state index in [9.17, 15) is 0 Å². The van der Waals surface area contributed by atoms with Gasteiger partial charge in [-0.15, -0.1) is 0 Å². The Morgan fingerprint density at radius 2 is 2.18 bits per heavy atom. The van der Waals surface area contributed by atoms with E-state index < -0.39 is 0 Å². The van der Waals surface area contributed by atoms with Crippen LogP contribution >= 0.6 is 0 Å². The fraction of sp³-hybridized carbons (Fsp3) is 0.333. The van der Waals surface area contributed by atoms with Gasteiger partial charge in [0.2, 0.25) is 5.89 Å². The molecule has 0 bridgehead atoms. The highest BCUT2D eigenvalue weighted by molar-refractivity contribution is 5.35. The van der Waals surface area contributed by atoms with Gasteiger partial charge in [0, 0.05) is 12.0 Å². The van der Waals surface area contributed by atoms with Crippen molar-refractivity contribution in [1.82, 2.24) is 10.1 Å². The van der Waals surface area contributed by atoms with Crippen molar-refractivity contribution in [1.29, 1.82) is 0 Å². The number of benzene rings is 1. The molecule has 0 saturated heterocycles. The first-order chi connectivity index (χ1) is 8.20. The highest BCUT2D eigenvalue weighted by atomic mass is 16.5. The third-order valence-electron chi connectivity index (χ3n) is 2.41. The summed E-state index contributed by atoms with van der Waals surface area (Å²) in [5.74, 6) is 1.89. The van der Waals surface area contributed by atoms with Gasteiger partial charge in [0.1, 0.15) is 5.75 Å². The van der Waals surface area contributed by atoms with Gasteiger partial charge < -0.3 is 15.0 Å². The molecule has 0 radical (unpaired) electrons. The van der Waals surface area contributed by atoms with Crippen molar-refractivity contribution in [2.24, 2.45) is 5.73 Å². The average molecular weight is 233 g/mol. The number of methoxy groups -OCH3 is 1. The lowest BCUT2D eigenvalue weighted by molar-refractivity contribution is 0.357. The molecule has 0 unspecified atom stereocenters. The fourth-order valence-electron chi connectivity index (χ4n) is 1.54. The predicted octanol–water partition coefficient (Wildman–Crippen LogP) is 1.69. The highest BCUT2D eigenvalue weighted by Gasteiger charge is 2.12. The number of rotatable bonds is 4. The summed E-state index contributed by atoms with van der Waals surface area (Å²) >= 11 is 0. The molecule has 1 aromatic heterocycles. The van der Waals surface area contributed by atoms with Crippen LogP contribution in [0.3, 0.4) is 0 Å². The Hall–Kier alpha value is -1.88. The van der Waals surface area contributed by atoms with E-state index in [2.05, 4.69) is 10.1 Å². The SMILES string of the molecule is COc1ccccc1Cc1noc([C@H](C)N)n1. The monoisotopic (exact) mass is 233 g/mol. The number of nitrogens with zero attached hydrogens (tertiary/aromatic N) is 2. The Morgan fingerprint density at radius 1 is 1.41 bits per heavy atom. The minimum atomic E-state index is -0.242. The number of hydrogen-bond donors (Lipinski definition) is 1. The van der Waals surface area contributed by atoms with Gasteiger partial charge in [-0.1, -0.05) is 23.4 Å². The Bertz CT molecular complexity index is 494. The summed E-state index contributed by atoms with van der Waals surface area (Å²) in [4.78, 5) is 4.22. The molecule has 90 valence electrons. The molecule has 5 heteroatoms. The third-order valence-corrected chi connectivity index (χ3v) is 2.41. The summed E-state index contributed by atoms with van der Waals surface area (Å²) in [7, 11) is 1.64. The summed E-state index contributed by atoms with van der Waals surface area (Å²) < 4.78 is 10.3. The molecule has 1 aromatic carbocycles. The second-order valence-electron chi connectivity index (χ2n) is 3.83. The van der Waals surface area contributed by atoms with Crippen molar-refractivity contribution < 1.29 is 9.26 Å². The van der Waals surface area contributed by atoms with Gasteiger partial charge >= 0.3 is 0 Å². The van der Waals surface area contributed by atoms with Crippen LogP contribution in [0.25, 0.3) is 0 Å². The quantitative estimate of drug-likeness (QED) is 0.869. The van der Waals surface area contributed by atoms with Crippen molar-refractivity contribution in [2.45, 2.75) is 19.4 Å². The van der Waals surface area contributed by atoms with Crippen molar-refractivity contribution in [3.8, 4) is 5.75 Å². The summed E-state index contributed by atoms with van der Waals surface area (Å²) in [6, 6.07) is 7.51. The van der Waals surface area contributed by atoms with Crippen LogP contribution in [0.1, 0.15) is 30.2 Å². The van der Waals surface area contributed by atoms with Gasteiger partial charge in [-0.05, 0) is 13.0 Å². The smallest absolute Gasteiger partial charge is 0.243 e. The fourth-order valence-corrected chi connectivity index (χ4v) is 1.54. The largest absolute Gasteiger partial charge is 0.496 e. The Morgan fingerprint density at radius 3 is 2.82 bits per heavy atom. The van der Waals surface area contributed by atoms with Crippen LogP contribution in [0.5, 0.6) is 5.75 Å². The zero-order chi connectivity index (χ0) is 12.3. The van der Waals surface area contributed by atoms with E-state index in [1.54, 1.807) is 14.0 Å². The highest BCUT2D eigenvalue weighted by Crippen LogP contribution is 2.20. The van der Waals surface area contributed by atoms with Gasteiger partial charge in [-0.25, -0.2) is 0 Å². The first kappa shape index (κ1) is 11.6. The lowest BCUT2D eigenvalue weighted by atomic mass is 10.1. The molecule has 2 aromatic rings. The first-order valence-corrected chi connectivity index (χ1v) is 5.40. The average Bonchev–Trinajstić information content (AvgIpc) is 2.78. The molecule has 2 N–H and O–H groups in total. The molecule has 0 spiro atoms. The minimum Gasteiger partial charge on any atom is -0.496 e. The number of aromatic nitrogens is 2. The number of hydrogen-bond acceptors (Lipinski definition) is 5. The molecule has 2 rings (SSSR count). The lowest BCUT2D eigenvalue weighted by Gasteiger charge is -2.05. The molecular formula is C12H15N3O2. The van der Waals surface area contributed by atoms with Crippen molar-refractivity contribution >= 4 is 0 Å². The molecular weight excluding hydrogens is 218 g/mol. The predicted molar refractivity (Wildman–Crippen MR) is 62.7 cm³/mol. The molecule has 0 aliphatic heterocycles. The molecule has 17 heavy (non-hydrogen) atoms. The van der Waals surface area contributed by atoms with Gasteiger partial charge in [0.25, 0.3) is 0 Å². The maximum absolute atomic E-state index is 5.66. The van der Waals surface area contributed by atoms with Gasteiger partial charge in [-0.2, -0.15) is 4.98 Å². The lowest BCUT2D eigenvalue weighted by Crippen LogP contribution is -2.05. The van der Waals surface area contributed by atoms with E-state index in [1.165, 1.54) is 0 Å². The van der Waals surface area contributed by atoms with Crippen LogP contribution < -0.4 is 10.5 Å². The molecule has 0 aliphatic rings. The molecule has 0 aliphatic carbocycles. The van der Waals surface area contributed by atoms with Crippen LogP contribution in [0, 0.1) is 0 Å². The van der Waals surface area contributed by atoms with E-state index in [0.29, 0.717) is 18.1 Å². The summed E-state index contributed by atoms with van der Waals surface area (Å²) in [6.07, 6.45) is 0.570. The van der Waals surface area contributed by atoms with Gasteiger partial charge in [0.05, 0.1) is 13.2 Å². The third kappa shape index (κ3) is 2.62. The van der Waals surface area contributed by atoms with Crippen molar-refractivity contribution in [3.05, 3.63) is 41.5 Å². The Kier molecular flexibility index (Phi) is 3.39. The van der Waals surface area contributed by atoms with Crippen LogP contribution in [0.15, 0.2) is 28.8 Å². The zero-order valence-electron chi connectivity index (χ0n) is 9.88. The molecule has 0 saturated carbocycles. The molecule has 5 nitrogen and oxygen atoms in total. The van der Waals surface area contributed by atoms with Crippen LogP contribution in [-0.4, -0.2) is 17.3 Å². The second kappa shape index (κ2) is 4.97. The van der Waals surface area contributed by atoms with Crippen molar-refractivity contribution in [2.75, 3.05) is 7.11 Å². The van der Waals surface area contributed by atoms with E-state index in [0.717, 1.165) is 11.3 Å². The van der Waals surface area contributed by atoms with Crippen LogP contribution in [-0.2, 0) is 6.42 Å². The molecule has 0 amide bonds. The minimum absolute atomic E-state index is 0.242. The van der Waals surface area contributed by atoms with E-state index >= 15 is 0 Å². The van der Waals surface area contributed by atoms with Gasteiger partial charge in [-0.3, -0.25) is 0 Å². The maximum atomic E-state index is 5.66. The standard InChI is InChI=1S/C12H15N3O2/c1-8(13)12-14-11(15-17-12)7-9-5-3-4-6-10(9)16-2/h3-6,8H,7,13H2,1-2H3/t8-/m0/s1. The van der Waals surface area contributed by atoms with E-state index in [1.807, 2.05) is 24.3 Å². The molecule has 0 fully saturated rings. The zero-order valence-corrected chi connectivity index (χ0v) is 9.88. The number of nitrogens with two attached hydrogens (primary N) is 1. The van der Waals surface area contributed by atoms with Crippen LogP contribution in [0.4, 0.5) is 0 Å². The first-order valence-electron chi connectivity index (χ1n) is 5.40. The maximum Gasteiger partial charge on any atom is 0.243 e. The summed E-state index contributed by atoms with van der Waals surface area (Å²) in [5, 5.41) is 3.89. The molecule has 1 atom stereocenters. The number of para-hydroxylation sites is 1. The second-order valence-corrected chi connectivity index (χ2v) is 3.83. The van der Waals surface area contributed by atoms with Crippen molar-refractivity contribution in [3.63, 3.8) is 0 Å². The normalized spacial score (nSPS) is 12.4. The molecule has 1 heterocycles. The Labute approximate surface area is 99.6 Å². The topological polar surface area (TPSA) is 74.2 Å². The van der Waals surface area contributed by atoms with Crippen LogP contribution in [0.2, 0.25) is 0 Å². The van der Waals surface area contributed by atoms with Gasteiger partial charge in [0.15, 0.2) is 5.82 Å². The summed E-state index contributed by atoms with van der Waals surface area (Å²) in [6.45, 7) is 1.81. The number of ether oxygens (including phenoxy) is 1. The van der Waals surface area contributed by atoms with E-state index in [4.69, 9.17) is 15.0 Å².